The van der Waals surface area contributed by atoms with Crippen molar-refractivity contribution >= 4 is 5.69 Å². The molecule has 3 heteroatoms. The van der Waals surface area contributed by atoms with E-state index in [4.69, 9.17) is 4.74 Å². The predicted molar refractivity (Wildman–Crippen MR) is 80.6 cm³/mol. The van der Waals surface area contributed by atoms with Crippen molar-refractivity contribution in [3.63, 3.8) is 0 Å². The van der Waals surface area contributed by atoms with E-state index in [1.807, 2.05) is 18.2 Å². The van der Waals surface area contributed by atoms with E-state index in [1.165, 1.54) is 18.7 Å². The van der Waals surface area contributed by atoms with Gasteiger partial charge in [0.2, 0.25) is 0 Å². The van der Waals surface area contributed by atoms with Crippen LogP contribution >= 0.6 is 0 Å². The van der Waals surface area contributed by atoms with Crippen molar-refractivity contribution in [2.75, 3.05) is 12.4 Å². The topological polar surface area (TPSA) is 21.3 Å². The van der Waals surface area contributed by atoms with Gasteiger partial charge in [-0.1, -0.05) is 44.2 Å². The van der Waals surface area contributed by atoms with E-state index >= 15 is 0 Å². The zero-order valence-electron chi connectivity index (χ0n) is 12.1. The normalized spacial score (nSPS) is 12.2. The molecule has 2 nitrogen and oxygen atoms in total. The number of hydrogen-bond acceptors (Lipinski definition) is 2. The number of halogens is 1. The van der Waals surface area contributed by atoms with E-state index in [-0.39, 0.29) is 17.6 Å². The van der Waals surface area contributed by atoms with Crippen LogP contribution in [0, 0.1) is 11.7 Å². The van der Waals surface area contributed by atoms with E-state index in [0.29, 0.717) is 5.92 Å². The maximum Gasteiger partial charge on any atom is 0.165 e. The van der Waals surface area contributed by atoms with Gasteiger partial charge in [0.05, 0.1) is 13.2 Å². The summed E-state index contributed by atoms with van der Waals surface area (Å²) in [5.74, 6) is 0.317. The van der Waals surface area contributed by atoms with E-state index in [9.17, 15) is 4.39 Å². The summed E-state index contributed by atoms with van der Waals surface area (Å²) in [5.41, 5.74) is 2.07. The molecule has 0 aliphatic rings. The molecule has 20 heavy (non-hydrogen) atoms. The Morgan fingerprint density at radius 1 is 1.05 bits per heavy atom. The second kappa shape index (κ2) is 6.42. The average molecular weight is 273 g/mol. The lowest BCUT2D eigenvalue weighted by atomic mass is 9.96. The molecule has 0 fully saturated rings. The highest BCUT2D eigenvalue weighted by molar-refractivity contribution is 5.50. The molecule has 2 rings (SSSR count). The third kappa shape index (κ3) is 3.29. The van der Waals surface area contributed by atoms with Crippen LogP contribution in [0.15, 0.2) is 48.5 Å². The van der Waals surface area contributed by atoms with Crippen LogP contribution < -0.4 is 10.1 Å². The smallest absolute Gasteiger partial charge is 0.165 e. The Hall–Kier alpha value is -2.03. The monoisotopic (exact) mass is 273 g/mol. The molecule has 1 N–H and O–H groups in total. The van der Waals surface area contributed by atoms with Crippen LogP contribution in [0.4, 0.5) is 10.1 Å². The van der Waals surface area contributed by atoms with Gasteiger partial charge >= 0.3 is 0 Å². The lowest BCUT2D eigenvalue weighted by molar-refractivity contribution is 0.386. The van der Waals surface area contributed by atoms with Crippen LogP contribution in [0.1, 0.15) is 25.5 Å². The number of benzene rings is 2. The van der Waals surface area contributed by atoms with Crippen molar-refractivity contribution in [1.29, 1.82) is 0 Å². The molecular weight excluding hydrogens is 253 g/mol. The fourth-order valence-corrected chi connectivity index (χ4v) is 2.22. The van der Waals surface area contributed by atoms with Crippen LogP contribution in [0.2, 0.25) is 0 Å². The van der Waals surface area contributed by atoms with E-state index in [0.717, 1.165) is 5.69 Å². The zero-order valence-corrected chi connectivity index (χ0v) is 12.1. The SMILES string of the molecule is COc1cc(NC(c2ccccc2)C(C)C)ccc1F. The summed E-state index contributed by atoms with van der Waals surface area (Å²) in [4.78, 5) is 0. The number of methoxy groups -OCH3 is 1. The summed E-state index contributed by atoms with van der Waals surface area (Å²) in [6, 6.07) is 15.3. The van der Waals surface area contributed by atoms with Gasteiger partial charge in [-0.3, -0.25) is 0 Å². The third-order valence-electron chi connectivity index (χ3n) is 3.30. The Balaban J connectivity index is 2.25. The highest BCUT2D eigenvalue weighted by Crippen LogP contribution is 2.29. The first kappa shape index (κ1) is 14.4. The molecule has 0 aromatic heterocycles. The number of anilines is 1. The fourth-order valence-electron chi connectivity index (χ4n) is 2.22. The van der Waals surface area contributed by atoms with Gasteiger partial charge in [-0.25, -0.2) is 4.39 Å². The molecule has 106 valence electrons. The van der Waals surface area contributed by atoms with Crippen molar-refractivity contribution in [1.82, 2.24) is 0 Å². The lowest BCUT2D eigenvalue weighted by Crippen LogP contribution is -2.16. The van der Waals surface area contributed by atoms with Gasteiger partial charge in [0.1, 0.15) is 0 Å². The minimum absolute atomic E-state index is 0.173. The summed E-state index contributed by atoms with van der Waals surface area (Å²) in [5, 5.41) is 3.45. The first-order valence-corrected chi connectivity index (χ1v) is 6.77. The van der Waals surface area contributed by atoms with Crippen molar-refractivity contribution in [2.24, 2.45) is 5.92 Å². The highest BCUT2D eigenvalue weighted by Gasteiger charge is 2.16. The molecule has 0 heterocycles. The fraction of sp³-hybridized carbons (Fsp3) is 0.294. The summed E-state index contributed by atoms with van der Waals surface area (Å²) in [6.45, 7) is 4.32. The van der Waals surface area contributed by atoms with Crippen LogP contribution in [0.25, 0.3) is 0 Å². The van der Waals surface area contributed by atoms with Gasteiger partial charge in [-0.15, -0.1) is 0 Å². The molecule has 0 spiro atoms. The molecule has 0 saturated heterocycles. The second-order valence-electron chi connectivity index (χ2n) is 5.13. The molecule has 0 aliphatic carbocycles. The molecule has 2 aromatic carbocycles. The Kier molecular flexibility index (Phi) is 4.61. The van der Waals surface area contributed by atoms with Gasteiger partial charge in [0.15, 0.2) is 11.6 Å². The molecule has 0 saturated carbocycles. The zero-order chi connectivity index (χ0) is 14.5. The molecule has 2 aromatic rings. The van der Waals surface area contributed by atoms with Crippen molar-refractivity contribution in [3.8, 4) is 5.75 Å². The van der Waals surface area contributed by atoms with Gasteiger partial charge in [0.25, 0.3) is 0 Å². The molecular formula is C17H20FNO. The number of rotatable bonds is 5. The van der Waals surface area contributed by atoms with Crippen molar-refractivity contribution in [3.05, 3.63) is 59.9 Å². The molecule has 1 unspecified atom stereocenters. The second-order valence-corrected chi connectivity index (χ2v) is 5.13. The predicted octanol–water partition coefficient (Wildman–Crippen LogP) is 4.64. The first-order chi connectivity index (χ1) is 9.61. The molecule has 1 atom stereocenters. The van der Waals surface area contributed by atoms with E-state index in [2.05, 4.69) is 31.3 Å². The molecule has 0 aliphatic heterocycles. The maximum absolute atomic E-state index is 13.4. The lowest BCUT2D eigenvalue weighted by Gasteiger charge is -2.24. The number of hydrogen-bond donors (Lipinski definition) is 1. The largest absolute Gasteiger partial charge is 0.494 e. The quantitative estimate of drug-likeness (QED) is 0.856. The molecule has 0 bridgehead atoms. The Morgan fingerprint density at radius 3 is 2.35 bits per heavy atom. The van der Waals surface area contributed by atoms with E-state index < -0.39 is 0 Å². The maximum atomic E-state index is 13.4. The number of ether oxygens (including phenoxy) is 1. The van der Waals surface area contributed by atoms with Crippen LogP contribution in [0.3, 0.4) is 0 Å². The summed E-state index contributed by atoms with van der Waals surface area (Å²) >= 11 is 0. The summed E-state index contributed by atoms with van der Waals surface area (Å²) < 4.78 is 18.5. The van der Waals surface area contributed by atoms with Crippen molar-refractivity contribution < 1.29 is 9.13 Å². The summed E-state index contributed by atoms with van der Waals surface area (Å²) in [6.07, 6.45) is 0. The van der Waals surface area contributed by atoms with E-state index in [1.54, 1.807) is 12.1 Å². The third-order valence-corrected chi connectivity index (χ3v) is 3.30. The minimum atomic E-state index is -0.348. The highest BCUT2D eigenvalue weighted by atomic mass is 19.1. The number of nitrogens with one attached hydrogen (secondary N) is 1. The summed E-state index contributed by atoms with van der Waals surface area (Å²) in [7, 11) is 1.47. The average Bonchev–Trinajstić information content (AvgIpc) is 2.47. The Bertz CT molecular complexity index is 554. The minimum Gasteiger partial charge on any atom is -0.494 e. The molecule has 0 amide bonds. The van der Waals surface area contributed by atoms with Gasteiger partial charge in [-0.05, 0) is 23.6 Å². The first-order valence-electron chi connectivity index (χ1n) is 6.77. The van der Waals surface area contributed by atoms with Crippen molar-refractivity contribution in [2.45, 2.75) is 19.9 Å². The Morgan fingerprint density at radius 2 is 1.75 bits per heavy atom. The Labute approximate surface area is 119 Å². The van der Waals surface area contributed by atoms with Gasteiger partial charge < -0.3 is 10.1 Å². The van der Waals surface area contributed by atoms with Gasteiger partial charge in [-0.2, -0.15) is 0 Å². The van der Waals surface area contributed by atoms with Gasteiger partial charge in [0, 0.05) is 11.8 Å². The standard InChI is InChI=1S/C17H20FNO/c1-12(2)17(13-7-5-4-6-8-13)19-14-9-10-15(18)16(11-14)20-3/h4-12,17,19H,1-3H3. The van der Waals surface area contributed by atoms with Crippen LogP contribution in [0.5, 0.6) is 5.75 Å². The van der Waals surface area contributed by atoms with Crippen LogP contribution in [-0.2, 0) is 0 Å². The molecule has 0 radical (unpaired) electrons. The van der Waals surface area contributed by atoms with Crippen LogP contribution in [-0.4, -0.2) is 7.11 Å².